The Morgan fingerprint density at radius 3 is 2.48 bits per heavy atom. The maximum Gasteiger partial charge on any atom is 0.311 e. The average molecular weight is 447 g/mol. The molecule has 1 fully saturated rings. The molecule has 5 heteroatoms. The van der Waals surface area contributed by atoms with Crippen molar-refractivity contribution in [2.45, 2.75) is 51.4 Å². The highest BCUT2D eigenvalue weighted by atomic mass is 16.5. The summed E-state index contributed by atoms with van der Waals surface area (Å²) in [4.78, 5) is 25.2. The second-order valence-electron chi connectivity index (χ2n) is 8.58. The molecule has 1 saturated carbocycles. The van der Waals surface area contributed by atoms with Gasteiger partial charge in [0.1, 0.15) is 5.75 Å². The quantitative estimate of drug-likeness (QED) is 0.370. The van der Waals surface area contributed by atoms with E-state index in [1.54, 1.807) is 30.3 Å². The Morgan fingerprint density at radius 1 is 1.12 bits per heavy atom. The zero-order valence-corrected chi connectivity index (χ0v) is 19.4. The summed E-state index contributed by atoms with van der Waals surface area (Å²) in [7, 11) is 0. The Morgan fingerprint density at radius 2 is 1.85 bits per heavy atom. The van der Waals surface area contributed by atoms with Gasteiger partial charge in [-0.25, -0.2) is 0 Å². The molecule has 0 radical (unpaired) electrons. The van der Waals surface area contributed by atoms with E-state index in [1.165, 1.54) is 19.3 Å². The molecule has 3 rings (SSSR count). The Kier molecular flexibility index (Phi) is 9.02. The smallest absolute Gasteiger partial charge is 0.311 e. The van der Waals surface area contributed by atoms with E-state index in [2.05, 4.69) is 11.9 Å². The number of hydrogen-bond donors (Lipinski definition) is 2. The van der Waals surface area contributed by atoms with Crippen molar-refractivity contribution in [1.82, 2.24) is 0 Å². The molecular formula is C28H34N2O3. The summed E-state index contributed by atoms with van der Waals surface area (Å²) in [6, 6.07) is 12.7. The van der Waals surface area contributed by atoms with Gasteiger partial charge in [-0.15, -0.1) is 0 Å². The van der Waals surface area contributed by atoms with Crippen LogP contribution in [0.3, 0.4) is 0 Å². The molecule has 174 valence electrons. The van der Waals surface area contributed by atoms with E-state index in [0.29, 0.717) is 23.8 Å². The summed E-state index contributed by atoms with van der Waals surface area (Å²) in [6.07, 6.45) is 12.0. The lowest BCUT2D eigenvalue weighted by Crippen LogP contribution is -2.27. The zero-order chi connectivity index (χ0) is 23.6. The van der Waals surface area contributed by atoms with Crippen LogP contribution >= 0.6 is 0 Å². The van der Waals surface area contributed by atoms with Gasteiger partial charge in [0, 0.05) is 18.7 Å². The first-order valence-electron chi connectivity index (χ1n) is 11.7. The molecule has 0 aliphatic heterocycles. The number of benzene rings is 2. The summed E-state index contributed by atoms with van der Waals surface area (Å²) in [6.45, 7) is 5.94. The standard InChI is InChI=1S/C28H34N2O3/c1-3-8-23-18-24(14-11-21(23)4-2)30-28(32)26(19-29)22-12-15-25(16-13-22)33-27(31)17-20-9-6-5-7-10-20/h3-4,8,11-16,18,20,26H,2,5-7,9-10,17,19,29H2,1H3,(H,30,32)/b8-3-. The lowest BCUT2D eigenvalue weighted by Gasteiger charge is -2.20. The summed E-state index contributed by atoms with van der Waals surface area (Å²) >= 11 is 0. The van der Waals surface area contributed by atoms with Crippen LogP contribution in [0.15, 0.2) is 55.1 Å². The number of rotatable bonds is 9. The van der Waals surface area contributed by atoms with Gasteiger partial charge in [0.15, 0.2) is 0 Å². The number of anilines is 1. The van der Waals surface area contributed by atoms with Crippen LogP contribution in [-0.2, 0) is 9.59 Å². The molecule has 1 aliphatic rings. The zero-order valence-electron chi connectivity index (χ0n) is 19.4. The molecule has 1 aliphatic carbocycles. The first kappa shape index (κ1) is 24.5. The fourth-order valence-corrected chi connectivity index (χ4v) is 4.35. The molecule has 1 atom stereocenters. The minimum atomic E-state index is -0.513. The van der Waals surface area contributed by atoms with Crippen molar-refractivity contribution in [2.75, 3.05) is 11.9 Å². The highest BCUT2D eigenvalue weighted by Gasteiger charge is 2.21. The lowest BCUT2D eigenvalue weighted by molar-refractivity contribution is -0.135. The molecule has 2 aromatic rings. The Bertz CT molecular complexity index is 989. The van der Waals surface area contributed by atoms with Gasteiger partial charge in [-0.1, -0.05) is 62.3 Å². The number of allylic oxidation sites excluding steroid dienone is 1. The third-order valence-electron chi connectivity index (χ3n) is 6.17. The number of ether oxygens (including phenoxy) is 1. The maximum atomic E-state index is 12.9. The minimum absolute atomic E-state index is 0.166. The third-order valence-corrected chi connectivity index (χ3v) is 6.17. The second kappa shape index (κ2) is 12.2. The van der Waals surface area contributed by atoms with Gasteiger partial charge in [-0.2, -0.15) is 0 Å². The molecule has 0 aromatic heterocycles. The first-order chi connectivity index (χ1) is 16.0. The first-order valence-corrected chi connectivity index (χ1v) is 11.7. The average Bonchev–Trinajstić information content (AvgIpc) is 2.82. The van der Waals surface area contributed by atoms with E-state index < -0.39 is 5.92 Å². The van der Waals surface area contributed by atoms with E-state index in [1.807, 2.05) is 37.3 Å². The lowest BCUT2D eigenvalue weighted by atomic mass is 9.87. The van der Waals surface area contributed by atoms with Gasteiger partial charge in [-0.05, 0) is 66.6 Å². The Balaban J connectivity index is 1.62. The van der Waals surface area contributed by atoms with Crippen LogP contribution in [0.2, 0.25) is 0 Å². The van der Waals surface area contributed by atoms with Crippen molar-refractivity contribution in [2.24, 2.45) is 11.7 Å². The van der Waals surface area contributed by atoms with Crippen LogP contribution in [0.5, 0.6) is 5.75 Å². The predicted molar refractivity (Wildman–Crippen MR) is 135 cm³/mol. The van der Waals surface area contributed by atoms with Crippen LogP contribution in [0.25, 0.3) is 12.2 Å². The van der Waals surface area contributed by atoms with E-state index in [0.717, 1.165) is 29.5 Å². The Labute approximate surface area is 196 Å². The molecule has 0 spiro atoms. The second-order valence-corrected chi connectivity index (χ2v) is 8.58. The van der Waals surface area contributed by atoms with Crippen molar-refractivity contribution in [3.63, 3.8) is 0 Å². The van der Waals surface area contributed by atoms with Gasteiger partial charge in [0.2, 0.25) is 5.91 Å². The fourth-order valence-electron chi connectivity index (χ4n) is 4.35. The number of hydrogen-bond acceptors (Lipinski definition) is 4. The van der Waals surface area contributed by atoms with Crippen LogP contribution in [-0.4, -0.2) is 18.4 Å². The van der Waals surface area contributed by atoms with Crippen LogP contribution < -0.4 is 15.8 Å². The summed E-state index contributed by atoms with van der Waals surface area (Å²) in [5, 5.41) is 2.96. The van der Waals surface area contributed by atoms with Crippen LogP contribution in [0.1, 0.15) is 68.1 Å². The minimum Gasteiger partial charge on any atom is -0.427 e. The fraction of sp³-hybridized carbons (Fsp3) is 0.357. The topological polar surface area (TPSA) is 81.4 Å². The number of esters is 1. The molecule has 33 heavy (non-hydrogen) atoms. The van der Waals surface area contributed by atoms with Gasteiger partial charge < -0.3 is 15.8 Å². The molecule has 0 heterocycles. The SMILES string of the molecule is C=Cc1ccc(NC(=O)C(CN)c2ccc(OC(=O)CC3CCCCC3)cc2)cc1/C=C\C. The number of carbonyl (C=O) groups is 2. The van der Waals surface area contributed by atoms with Gasteiger partial charge in [0.05, 0.1) is 5.92 Å². The largest absolute Gasteiger partial charge is 0.427 e. The number of amides is 1. The van der Waals surface area contributed by atoms with Crippen molar-refractivity contribution < 1.29 is 14.3 Å². The third kappa shape index (κ3) is 6.90. The monoisotopic (exact) mass is 446 g/mol. The normalized spacial score (nSPS) is 15.2. The van der Waals surface area contributed by atoms with Crippen LogP contribution in [0.4, 0.5) is 5.69 Å². The van der Waals surface area contributed by atoms with Crippen molar-refractivity contribution in [1.29, 1.82) is 0 Å². The summed E-state index contributed by atoms with van der Waals surface area (Å²) < 4.78 is 5.51. The highest BCUT2D eigenvalue weighted by molar-refractivity contribution is 5.96. The van der Waals surface area contributed by atoms with Gasteiger partial charge in [-0.3, -0.25) is 9.59 Å². The van der Waals surface area contributed by atoms with Crippen molar-refractivity contribution in [3.8, 4) is 5.75 Å². The van der Waals surface area contributed by atoms with E-state index in [-0.39, 0.29) is 18.4 Å². The molecular weight excluding hydrogens is 412 g/mol. The maximum absolute atomic E-state index is 12.9. The predicted octanol–water partition coefficient (Wildman–Crippen LogP) is 5.92. The molecule has 1 unspecified atom stereocenters. The molecule has 0 bridgehead atoms. The van der Waals surface area contributed by atoms with Crippen molar-refractivity contribution >= 4 is 29.7 Å². The Hall–Kier alpha value is -3.18. The van der Waals surface area contributed by atoms with Crippen LogP contribution in [0, 0.1) is 5.92 Å². The highest BCUT2D eigenvalue weighted by Crippen LogP contribution is 2.27. The number of nitrogens with two attached hydrogens (primary N) is 1. The molecule has 1 amide bonds. The molecule has 2 aromatic carbocycles. The molecule has 3 N–H and O–H groups in total. The van der Waals surface area contributed by atoms with Gasteiger partial charge >= 0.3 is 5.97 Å². The number of nitrogens with one attached hydrogen (secondary N) is 1. The summed E-state index contributed by atoms with van der Waals surface area (Å²) in [5.74, 6) is 0.0395. The number of carbonyl (C=O) groups excluding carboxylic acids is 2. The molecule has 0 saturated heterocycles. The van der Waals surface area contributed by atoms with E-state index >= 15 is 0 Å². The van der Waals surface area contributed by atoms with E-state index in [4.69, 9.17) is 10.5 Å². The van der Waals surface area contributed by atoms with E-state index in [9.17, 15) is 9.59 Å². The molecule has 5 nitrogen and oxygen atoms in total. The van der Waals surface area contributed by atoms with Crippen molar-refractivity contribution in [3.05, 3.63) is 71.8 Å². The summed E-state index contributed by atoms with van der Waals surface area (Å²) in [5.41, 5.74) is 9.39. The van der Waals surface area contributed by atoms with Gasteiger partial charge in [0.25, 0.3) is 0 Å².